The SMILES string of the molecule is CNC(=S)Nc1cc(SOO[O-])cc2cc(S(=O)(=O)[O-])ccc12.[Na+].[Na+]. The molecule has 0 aliphatic carbocycles. The van der Waals surface area contributed by atoms with Gasteiger partial charge in [0.1, 0.15) is 10.1 Å². The van der Waals surface area contributed by atoms with Crippen molar-refractivity contribution in [3.05, 3.63) is 30.3 Å². The molecule has 0 aliphatic rings. The molecule has 0 spiro atoms. The third-order valence-corrected chi connectivity index (χ3v) is 4.51. The second-order valence-corrected chi connectivity index (χ2v) is 6.79. The number of hydrogen-bond acceptors (Lipinski definition) is 8. The van der Waals surface area contributed by atoms with Crippen molar-refractivity contribution >= 4 is 56.0 Å². The molecule has 13 heteroatoms. The third kappa shape index (κ3) is 7.22. The maximum Gasteiger partial charge on any atom is 1.00 e. The van der Waals surface area contributed by atoms with Crippen molar-refractivity contribution in [3.63, 3.8) is 0 Å². The Morgan fingerprint density at radius 2 is 1.92 bits per heavy atom. The minimum atomic E-state index is -4.59. The smallest absolute Gasteiger partial charge is 0.744 e. The normalized spacial score (nSPS) is 10.5. The van der Waals surface area contributed by atoms with E-state index in [1.165, 1.54) is 18.2 Å². The number of anilines is 1. The van der Waals surface area contributed by atoms with Crippen LogP contribution in [0.25, 0.3) is 10.8 Å². The van der Waals surface area contributed by atoms with Crippen molar-refractivity contribution in [1.29, 1.82) is 0 Å². The van der Waals surface area contributed by atoms with Gasteiger partial charge in [0.05, 0.1) is 16.9 Å². The summed E-state index contributed by atoms with van der Waals surface area (Å²) in [7, 11) is -2.95. The Kier molecular flexibility index (Phi) is 11.6. The first-order chi connectivity index (χ1) is 10.8. The summed E-state index contributed by atoms with van der Waals surface area (Å²) in [6.45, 7) is 0. The van der Waals surface area contributed by atoms with E-state index in [0.29, 0.717) is 38.5 Å². The van der Waals surface area contributed by atoms with Gasteiger partial charge in [0.2, 0.25) is 0 Å². The zero-order valence-electron chi connectivity index (χ0n) is 13.6. The molecule has 2 aromatic rings. The molecule has 25 heavy (non-hydrogen) atoms. The van der Waals surface area contributed by atoms with Crippen molar-refractivity contribution in [2.75, 3.05) is 12.4 Å². The largest absolute Gasteiger partial charge is 1.00 e. The molecule has 0 bridgehead atoms. The molecule has 0 fully saturated rings. The number of nitrogens with one attached hydrogen (secondary N) is 2. The first kappa shape index (κ1) is 25.5. The van der Waals surface area contributed by atoms with E-state index in [-0.39, 0.29) is 64.0 Å². The fourth-order valence-electron chi connectivity index (χ4n) is 1.87. The van der Waals surface area contributed by atoms with E-state index in [2.05, 4.69) is 20.0 Å². The zero-order chi connectivity index (χ0) is 17.0. The Bertz CT molecular complexity index is 850. The van der Waals surface area contributed by atoms with Gasteiger partial charge in [-0.3, -0.25) is 5.04 Å². The van der Waals surface area contributed by atoms with Gasteiger partial charge < -0.3 is 20.4 Å². The number of rotatable bonds is 5. The van der Waals surface area contributed by atoms with Gasteiger partial charge >= 0.3 is 59.1 Å². The van der Waals surface area contributed by atoms with Crippen molar-refractivity contribution in [2.24, 2.45) is 0 Å². The van der Waals surface area contributed by atoms with E-state index in [0.717, 1.165) is 0 Å². The molecule has 0 aromatic heterocycles. The molecule has 0 unspecified atom stereocenters. The molecule has 8 nitrogen and oxygen atoms in total. The Balaban J connectivity index is 0.00000288. The van der Waals surface area contributed by atoms with E-state index < -0.39 is 10.1 Å². The average molecular weight is 420 g/mol. The van der Waals surface area contributed by atoms with Gasteiger partial charge in [-0.05, 0) is 41.9 Å². The summed E-state index contributed by atoms with van der Waals surface area (Å²) in [4.78, 5) is 0.0745. The molecule has 0 amide bonds. The maximum absolute atomic E-state index is 11.1. The van der Waals surface area contributed by atoms with Crippen LogP contribution in [-0.4, -0.2) is 25.1 Å². The predicted octanol–water partition coefficient (Wildman–Crippen LogP) is -5.10. The van der Waals surface area contributed by atoms with E-state index in [4.69, 9.17) is 12.2 Å². The van der Waals surface area contributed by atoms with Crippen LogP contribution in [0.2, 0.25) is 0 Å². The minimum Gasteiger partial charge on any atom is -0.744 e. The Morgan fingerprint density at radius 1 is 1.24 bits per heavy atom. The standard InChI is InChI=1S/C12H12N2O6S3.2Na/c1-13-12(21)14-11-6-8(22-20-19-15)4-7-5-9(23(16,17)18)2-3-10(7)11;;/h2-6,15H,1H3,(H2,13,14,21)(H,16,17,18);;/q;2*+1/p-2. The number of hydrogen-bond donors (Lipinski definition) is 2. The van der Waals surface area contributed by atoms with Crippen LogP contribution in [0.3, 0.4) is 0 Å². The zero-order valence-corrected chi connectivity index (χ0v) is 20.0. The van der Waals surface area contributed by atoms with Crippen LogP contribution >= 0.6 is 24.3 Å². The van der Waals surface area contributed by atoms with Gasteiger partial charge in [-0.2, -0.15) is 4.33 Å². The third-order valence-electron chi connectivity index (χ3n) is 2.82. The number of thiocarbonyl (C=S) groups is 1. The van der Waals surface area contributed by atoms with Gasteiger partial charge in [0.15, 0.2) is 5.11 Å². The van der Waals surface area contributed by atoms with Crippen LogP contribution in [0.1, 0.15) is 0 Å². The number of benzene rings is 2. The number of fused-ring (bicyclic) bond motifs is 1. The van der Waals surface area contributed by atoms with Crippen LogP contribution in [0, 0.1) is 0 Å². The van der Waals surface area contributed by atoms with Crippen LogP contribution in [0.15, 0.2) is 40.1 Å². The summed E-state index contributed by atoms with van der Waals surface area (Å²) in [6.07, 6.45) is 0. The van der Waals surface area contributed by atoms with E-state index in [1.807, 2.05) is 0 Å². The van der Waals surface area contributed by atoms with Crippen LogP contribution in [0.5, 0.6) is 0 Å². The summed E-state index contributed by atoms with van der Waals surface area (Å²) in [6, 6.07) is 7.10. The summed E-state index contributed by atoms with van der Waals surface area (Å²) in [5.74, 6) is 0. The molecule has 0 atom stereocenters. The molecule has 0 aliphatic heterocycles. The van der Waals surface area contributed by atoms with Crippen molar-refractivity contribution in [3.8, 4) is 0 Å². The molecule has 2 aromatic carbocycles. The van der Waals surface area contributed by atoms with Gasteiger partial charge in [0.25, 0.3) is 0 Å². The fourth-order valence-corrected chi connectivity index (χ4v) is 2.93. The molecule has 0 saturated carbocycles. The van der Waals surface area contributed by atoms with Crippen LogP contribution in [-0.2, 0) is 19.5 Å². The van der Waals surface area contributed by atoms with E-state index in [1.54, 1.807) is 19.2 Å². The maximum atomic E-state index is 11.1. The Labute approximate surface area is 198 Å². The van der Waals surface area contributed by atoms with Crippen molar-refractivity contribution in [1.82, 2.24) is 5.32 Å². The first-order valence-corrected chi connectivity index (χ1v) is 8.56. The monoisotopic (exact) mass is 420 g/mol. The molecule has 0 radical (unpaired) electrons. The second-order valence-electron chi connectivity index (χ2n) is 4.23. The molecule has 2 rings (SSSR count). The second kappa shape index (κ2) is 11.4. The molecular formula is C12H10N2Na2O6S3. The van der Waals surface area contributed by atoms with Crippen LogP contribution < -0.4 is 75.0 Å². The topological polar surface area (TPSA) is 123 Å². The summed E-state index contributed by atoms with van der Waals surface area (Å²) in [5, 5.41) is 20.3. The quantitative estimate of drug-likeness (QED) is 0.121. The molecule has 0 heterocycles. The predicted molar refractivity (Wildman–Crippen MR) is 85.2 cm³/mol. The minimum absolute atomic E-state index is 0. The van der Waals surface area contributed by atoms with Gasteiger partial charge in [0, 0.05) is 23.0 Å². The van der Waals surface area contributed by atoms with E-state index in [9.17, 15) is 18.2 Å². The van der Waals surface area contributed by atoms with Gasteiger partial charge in [-0.1, -0.05) is 6.07 Å². The van der Waals surface area contributed by atoms with Gasteiger partial charge in [-0.15, -0.1) is 0 Å². The first-order valence-electron chi connectivity index (χ1n) is 6.01. The summed E-state index contributed by atoms with van der Waals surface area (Å²) >= 11 is 5.67. The fraction of sp³-hybridized carbons (Fsp3) is 0.0833. The molecule has 0 saturated heterocycles. The summed E-state index contributed by atoms with van der Waals surface area (Å²) < 4.78 is 37.7. The molecule has 2 N–H and O–H groups in total. The molecular weight excluding hydrogens is 410 g/mol. The van der Waals surface area contributed by atoms with Crippen molar-refractivity contribution < 1.29 is 86.7 Å². The Morgan fingerprint density at radius 3 is 2.48 bits per heavy atom. The average Bonchev–Trinajstić information content (AvgIpc) is 2.51. The Hall–Kier alpha value is 0.530. The van der Waals surface area contributed by atoms with Crippen molar-refractivity contribution in [2.45, 2.75) is 9.79 Å². The summed E-state index contributed by atoms with van der Waals surface area (Å²) in [5.41, 5.74) is 0.536. The molecule has 124 valence electrons. The van der Waals surface area contributed by atoms with Gasteiger partial charge in [-0.25, -0.2) is 8.42 Å². The van der Waals surface area contributed by atoms with Crippen LogP contribution in [0.4, 0.5) is 5.69 Å². The van der Waals surface area contributed by atoms with E-state index >= 15 is 0 Å².